The molecule has 6 heteroatoms. The first kappa shape index (κ1) is 15.0. The number of benzene rings is 1. The Kier molecular flexibility index (Phi) is 4.48. The van der Waals surface area contributed by atoms with E-state index in [0.29, 0.717) is 16.7 Å². The number of halogens is 2. The zero-order chi connectivity index (χ0) is 13.3. The summed E-state index contributed by atoms with van der Waals surface area (Å²) in [6.07, 6.45) is 6.56. The Morgan fingerprint density at radius 1 is 1.25 bits per heavy atom. The van der Waals surface area contributed by atoms with Crippen molar-refractivity contribution in [3.63, 3.8) is 0 Å². The third-order valence-corrected chi connectivity index (χ3v) is 3.79. The van der Waals surface area contributed by atoms with Crippen LogP contribution in [0.1, 0.15) is 36.5 Å². The molecule has 3 rings (SSSR count). The van der Waals surface area contributed by atoms with E-state index in [4.69, 9.17) is 21.9 Å². The second kappa shape index (κ2) is 5.95. The van der Waals surface area contributed by atoms with E-state index >= 15 is 0 Å². The summed E-state index contributed by atoms with van der Waals surface area (Å²) in [5.74, 6) is 1.05. The predicted molar refractivity (Wildman–Crippen MR) is 81.6 cm³/mol. The third kappa shape index (κ3) is 2.87. The number of hydrogen-bond donors (Lipinski definition) is 1. The Bertz CT molecular complexity index is 620. The molecule has 20 heavy (non-hydrogen) atoms. The van der Waals surface area contributed by atoms with E-state index < -0.39 is 0 Å². The van der Waals surface area contributed by atoms with Crippen molar-refractivity contribution in [3.05, 3.63) is 46.6 Å². The first-order valence-electron chi connectivity index (χ1n) is 6.23. The van der Waals surface area contributed by atoms with Crippen LogP contribution in [-0.4, -0.2) is 10.1 Å². The summed E-state index contributed by atoms with van der Waals surface area (Å²) in [5, 5.41) is 4.64. The van der Waals surface area contributed by atoms with Crippen LogP contribution in [0.25, 0.3) is 12.2 Å². The van der Waals surface area contributed by atoms with Crippen molar-refractivity contribution in [3.8, 4) is 0 Å². The highest BCUT2D eigenvalue weighted by molar-refractivity contribution is 6.32. The van der Waals surface area contributed by atoms with E-state index in [-0.39, 0.29) is 17.9 Å². The van der Waals surface area contributed by atoms with Crippen molar-refractivity contribution in [2.24, 2.45) is 5.73 Å². The van der Waals surface area contributed by atoms with Crippen LogP contribution in [0.4, 0.5) is 0 Å². The standard InChI is InChI=1S/C14H14ClN3O.ClH/c15-11-5-2-1-4-10(11)6-7-12-17-13(18-19-12)14(16)8-3-9-14;/h1-2,4-7H,3,8-9,16H2;1H/b7-6+;. The second-order valence-corrected chi connectivity index (χ2v) is 5.23. The summed E-state index contributed by atoms with van der Waals surface area (Å²) in [6, 6.07) is 7.57. The molecule has 2 aromatic rings. The molecule has 1 aromatic heterocycles. The molecule has 106 valence electrons. The fraction of sp³-hybridized carbons (Fsp3) is 0.286. The summed E-state index contributed by atoms with van der Waals surface area (Å²) in [5.41, 5.74) is 6.66. The van der Waals surface area contributed by atoms with Gasteiger partial charge in [0.05, 0.1) is 5.54 Å². The van der Waals surface area contributed by atoms with E-state index in [9.17, 15) is 0 Å². The zero-order valence-corrected chi connectivity index (χ0v) is 12.3. The molecule has 1 aromatic carbocycles. The van der Waals surface area contributed by atoms with Crippen LogP contribution < -0.4 is 5.73 Å². The molecule has 0 radical (unpaired) electrons. The van der Waals surface area contributed by atoms with E-state index in [1.165, 1.54) is 0 Å². The summed E-state index contributed by atoms with van der Waals surface area (Å²) >= 11 is 6.06. The summed E-state index contributed by atoms with van der Waals surface area (Å²) in [4.78, 5) is 4.32. The lowest BCUT2D eigenvalue weighted by molar-refractivity contribution is 0.229. The van der Waals surface area contributed by atoms with Gasteiger partial charge < -0.3 is 10.3 Å². The topological polar surface area (TPSA) is 64.9 Å². The third-order valence-electron chi connectivity index (χ3n) is 3.44. The zero-order valence-electron chi connectivity index (χ0n) is 10.8. The van der Waals surface area contributed by atoms with Gasteiger partial charge in [-0.25, -0.2) is 0 Å². The number of hydrogen-bond acceptors (Lipinski definition) is 4. The highest BCUT2D eigenvalue weighted by Crippen LogP contribution is 2.36. The Morgan fingerprint density at radius 2 is 2.00 bits per heavy atom. The van der Waals surface area contributed by atoms with Crippen molar-refractivity contribution >= 4 is 36.2 Å². The molecule has 1 heterocycles. The number of nitrogens with zero attached hydrogens (tertiary/aromatic N) is 2. The molecule has 1 fully saturated rings. The molecule has 0 aliphatic heterocycles. The minimum atomic E-state index is -0.389. The van der Waals surface area contributed by atoms with Crippen molar-refractivity contribution in [1.82, 2.24) is 10.1 Å². The van der Waals surface area contributed by atoms with E-state index in [1.807, 2.05) is 30.3 Å². The maximum Gasteiger partial charge on any atom is 0.250 e. The highest BCUT2D eigenvalue weighted by atomic mass is 35.5. The maximum atomic E-state index is 6.14. The minimum absolute atomic E-state index is 0. The van der Waals surface area contributed by atoms with Gasteiger partial charge in [0.25, 0.3) is 5.89 Å². The summed E-state index contributed by atoms with van der Waals surface area (Å²) in [7, 11) is 0. The first-order valence-corrected chi connectivity index (χ1v) is 6.61. The average Bonchev–Trinajstić information content (AvgIpc) is 2.84. The molecule has 1 aliphatic rings. The molecule has 4 nitrogen and oxygen atoms in total. The van der Waals surface area contributed by atoms with E-state index in [1.54, 1.807) is 6.08 Å². The highest BCUT2D eigenvalue weighted by Gasteiger charge is 2.38. The largest absolute Gasteiger partial charge is 0.335 e. The van der Waals surface area contributed by atoms with Crippen LogP contribution in [0.3, 0.4) is 0 Å². The SMILES string of the molecule is Cl.NC1(c2noc(/C=C/c3ccccc3Cl)n2)CCC1. The Hall–Kier alpha value is -1.36. The fourth-order valence-corrected chi connectivity index (χ4v) is 2.26. The van der Waals surface area contributed by atoms with Gasteiger partial charge in [-0.1, -0.05) is 35.0 Å². The normalized spacial score (nSPS) is 16.7. The molecular weight excluding hydrogens is 297 g/mol. The van der Waals surface area contributed by atoms with Gasteiger partial charge in [-0.2, -0.15) is 4.98 Å². The van der Waals surface area contributed by atoms with Crippen molar-refractivity contribution < 1.29 is 4.52 Å². The Balaban J connectivity index is 0.00000147. The van der Waals surface area contributed by atoms with Crippen LogP contribution in [0, 0.1) is 0 Å². The maximum absolute atomic E-state index is 6.14. The van der Waals surface area contributed by atoms with Crippen molar-refractivity contribution in [2.45, 2.75) is 24.8 Å². The number of nitrogens with two attached hydrogens (primary N) is 1. The Morgan fingerprint density at radius 3 is 2.65 bits per heavy atom. The molecule has 1 saturated carbocycles. The average molecular weight is 312 g/mol. The summed E-state index contributed by atoms with van der Waals surface area (Å²) in [6.45, 7) is 0. The van der Waals surface area contributed by atoms with Crippen LogP contribution in [0.15, 0.2) is 28.8 Å². The molecule has 0 spiro atoms. The van der Waals surface area contributed by atoms with Gasteiger partial charge in [0.1, 0.15) is 0 Å². The molecule has 0 bridgehead atoms. The first-order chi connectivity index (χ1) is 9.17. The van der Waals surface area contributed by atoms with Gasteiger partial charge in [-0.15, -0.1) is 12.4 Å². The smallest absolute Gasteiger partial charge is 0.250 e. The minimum Gasteiger partial charge on any atom is -0.335 e. The van der Waals surface area contributed by atoms with Gasteiger partial charge in [0, 0.05) is 11.1 Å². The van der Waals surface area contributed by atoms with Crippen LogP contribution in [0.2, 0.25) is 5.02 Å². The second-order valence-electron chi connectivity index (χ2n) is 4.82. The molecule has 0 amide bonds. The van der Waals surface area contributed by atoms with E-state index in [2.05, 4.69) is 10.1 Å². The van der Waals surface area contributed by atoms with Gasteiger partial charge in [-0.05, 0) is 37.0 Å². The predicted octanol–water partition coefficient (Wildman–Crippen LogP) is 3.65. The summed E-state index contributed by atoms with van der Waals surface area (Å²) < 4.78 is 5.18. The monoisotopic (exact) mass is 311 g/mol. The lowest BCUT2D eigenvalue weighted by atomic mass is 9.77. The van der Waals surface area contributed by atoms with Crippen molar-refractivity contribution in [1.29, 1.82) is 0 Å². The molecular formula is C14H15Cl2N3O. The number of aromatic nitrogens is 2. The fourth-order valence-electron chi connectivity index (χ4n) is 2.06. The van der Waals surface area contributed by atoms with Crippen LogP contribution >= 0.6 is 24.0 Å². The molecule has 0 atom stereocenters. The van der Waals surface area contributed by atoms with Gasteiger partial charge in [0.15, 0.2) is 5.82 Å². The van der Waals surface area contributed by atoms with Gasteiger partial charge >= 0.3 is 0 Å². The van der Waals surface area contributed by atoms with E-state index in [0.717, 1.165) is 24.8 Å². The van der Waals surface area contributed by atoms with Crippen LogP contribution in [0.5, 0.6) is 0 Å². The van der Waals surface area contributed by atoms with Gasteiger partial charge in [-0.3, -0.25) is 0 Å². The van der Waals surface area contributed by atoms with Gasteiger partial charge in [0.2, 0.25) is 0 Å². The van der Waals surface area contributed by atoms with Crippen molar-refractivity contribution in [2.75, 3.05) is 0 Å². The quantitative estimate of drug-likeness (QED) is 0.939. The Labute approximate surface area is 128 Å². The lowest BCUT2D eigenvalue weighted by Gasteiger charge is -2.34. The molecule has 0 unspecified atom stereocenters. The lowest BCUT2D eigenvalue weighted by Crippen LogP contribution is -2.44. The molecule has 1 aliphatic carbocycles. The number of rotatable bonds is 3. The molecule has 2 N–H and O–H groups in total. The molecule has 0 saturated heterocycles. The van der Waals surface area contributed by atoms with Crippen LogP contribution in [-0.2, 0) is 5.54 Å².